The molecule has 0 radical (unpaired) electrons. The monoisotopic (exact) mass is 420 g/mol. The van der Waals surface area contributed by atoms with Crippen molar-refractivity contribution in [3.05, 3.63) is 76.2 Å². The summed E-state index contributed by atoms with van der Waals surface area (Å²) in [5.74, 6) is 0.897. The molecule has 0 saturated heterocycles. The first-order valence-corrected chi connectivity index (χ1v) is 10.8. The smallest absolute Gasteiger partial charge is 0.258 e. The molecule has 5 nitrogen and oxygen atoms in total. The van der Waals surface area contributed by atoms with Crippen molar-refractivity contribution in [2.24, 2.45) is 5.92 Å². The van der Waals surface area contributed by atoms with Crippen molar-refractivity contribution in [2.45, 2.75) is 26.2 Å². The van der Waals surface area contributed by atoms with E-state index in [1.165, 1.54) is 16.2 Å². The summed E-state index contributed by atoms with van der Waals surface area (Å²) < 4.78 is 5.18. The second-order valence-corrected chi connectivity index (χ2v) is 8.66. The van der Waals surface area contributed by atoms with Gasteiger partial charge in [0.1, 0.15) is 10.8 Å². The third-order valence-electron chi connectivity index (χ3n) is 5.35. The molecule has 1 aliphatic rings. The predicted molar refractivity (Wildman–Crippen MR) is 121 cm³/mol. The maximum absolute atomic E-state index is 13.2. The highest BCUT2D eigenvalue weighted by atomic mass is 32.1. The molecule has 0 fully saturated rings. The number of carbonyl (C=O) groups excluding carboxylic acids is 2. The minimum atomic E-state index is -0.208. The van der Waals surface area contributed by atoms with Crippen LogP contribution in [0.4, 0.5) is 10.7 Å². The Morgan fingerprint density at radius 2 is 1.73 bits per heavy atom. The zero-order valence-corrected chi connectivity index (χ0v) is 17.8. The standard InChI is InChI=1S/C24H24N2O3S/c1-15-8-13-19-20(14-15)30-24(26-22(27)16-6-4-3-5-7-16)21(19)23(28)25-17-9-11-18(29-2)12-10-17/h3-7,9-12,15H,8,13-14H2,1-2H3,(H,25,28)(H,26,27)/t15-/m1/s1. The highest BCUT2D eigenvalue weighted by molar-refractivity contribution is 7.17. The van der Waals surface area contributed by atoms with Crippen molar-refractivity contribution in [3.8, 4) is 5.75 Å². The van der Waals surface area contributed by atoms with Gasteiger partial charge in [0.25, 0.3) is 11.8 Å². The molecule has 2 aromatic carbocycles. The number of amides is 2. The van der Waals surface area contributed by atoms with Crippen LogP contribution in [0.5, 0.6) is 5.75 Å². The number of methoxy groups -OCH3 is 1. The van der Waals surface area contributed by atoms with Gasteiger partial charge >= 0.3 is 0 Å². The van der Waals surface area contributed by atoms with Gasteiger partial charge in [-0.25, -0.2) is 0 Å². The maximum Gasteiger partial charge on any atom is 0.258 e. The number of anilines is 2. The molecule has 0 spiro atoms. The molecule has 4 rings (SSSR count). The third-order valence-corrected chi connectivity index (χ3v) is 6.52. The molecule has 1 aromatic heterocycles. The Bertz CT molecular complexity index is 1060. The van der Waals surface area contributed by atoms with Crippen LogP contribution in [0.3, 0.4) is 0 Å². The maximum atomic E-state index is 13.2. The Kier molecular flexibility index (Phi) is 5.86. The van der Waals surface area contributed by atoms with E-state index in [1.807, 2.05) is 18.2 Å². The lowest BCUT2D eigenvalue weighted by molar-refractivity contribution is 0.102. The van der Waals surface area contributed by atoms with E-state index in [4.69, 9.17) is 4.74 Å². The lowest BCUT2D eigenvalue weighted by atomic mass is 9.88. The van der Waals surface area contributed by atoms with E-state index in [1.54, 1.807) is 43.5 Å². The Morgan fingerprint density at radius 1 is 1.00 bits per heavy atom. The van der Waals surface area contributed by atoms with Gasteiger partial charge in [0, 0.05) is 16.1 Å². The summed E-state index contributed by atoms with van der Waals surface area (Å²) in [5.41, 5.74) is 2.90. The summed E-state index contributed by atoms with van der Waals surface area (Å²) in [5, 5.41) is 6.57. The van der Waals surface area contributed by atoms with Crippen molar-refractivity contribution in [2.75, 3.05) is 17.7 Å². The van der Waals surface area contributed by atoms with E-state index in [-0.39, 0.29) is 11.8 Å². The van der Waals surface area contributed by atoms with Gasteiger partial charge in [-0.3, -0.25) is 9.59 Å². The molecule has 1 aliphatic carbocycles. The number of thiophene rings is 1. The molecule has 0 saturated carbocycles. The van der Waals surface area contributed by atoms with Gasteiger partial charge in [-0.2, -0.15) is 0 Å². The number of hydrogen-bond donors (Lipinski definition) is 2. The van der Waals surface area contributed by atoms with Gasteiger partial charge in [0.2, 0.25) is 0 Å². The van der Waals surface area contributed by atoms with Crippen LogP contribution in [-0.4, -0.2) is 18.9 Å². The van der Waals surface area contributed by atoms with E-state index in [9.17, 15) is 9.59 Å². The zero-order valence-electron chi connectivity index (χ0n) is 17.0. The molecule has 3 aromatic rings. The first kappa shape index (κ1) is 20.2. The fraction of sp³-hybridized carbons (Fsp3) is 0.250. The number of fused-ring (bicyclic) bond motifs is 1. The van der Waals surface area contributed by atoms with Crippen LogP contribution in [0.15, 0.2) is 54.6 Å². The minimum absolute atomic E-state index is 0.199. The first-order chi connectivity index (χ1) is 14.5. The quantitative estimate of drug-likeness (QED) is 0.582. The Morgan fingerprint density at radius 3 is 2.43 bits per heavy atom. The van der Waals surface area contributed by atoms with Gasteiger partial charge in [-0.15, -0.1) is 11.3 Å². The predicted octanol–water partition coefficient (Wildman–Crippen LogP) is 5.39. The molecular formula is C24H24N2O3S. The summed E-state index contributed by atoms with van der Waals surface area (Å²) in [7, 11) is 1.61. The summed E-state index contributed by atoms with van der Waals surface area (Å²) in [6, 6.07) is 16.3. The number of hydrogen-bond acceptors (Lipinski definition) is 4. The van der Waals surface area contributed by atoms with Crippen molar-refractivity contribution in [1.82, 2.24) is 0 Å². The van der Waals surface area contributed by atoms with E-state index < -0.39 is 0 Å². The van der Waals surface area contributed by atoms with Crippen LogP contribution < -0.4 is 15.4 Å². The van der Waals surface area contributed by atoms with Crippen LogP contribution in [0.2, 0.25) is 0 Å². The normalized spacial score (nSPS) is 15.2. The molecule has 1 atom stereocenters. The van der Waals surface area contributed by atoms with Crippen molar-refractivity contribution in [1.29, 1.82) is 0 Å². The van der Waals surface area contributed by atoms with E-state index in [2.05, 4.69) is 17.6 Å². The fourth-order valence-electron chi connectivity index (χ4n) is 3.71. The SMILES string of the molecule is COc1ccc(NC(=O)c2c(NC(=O)c3ccccc3)sc3c2CC[C@@H](C)C3)cc1. The number of ether oxygens (including phenoxy) is 1. The highest BCUT2D eigenvalue weighted by Gasteiger charge is 2.28. The topological polar surface area (TPSA) is 67.4 Å². The zero-order chi connectivity index (χ0) is 21.1. The summed E-state index contributed by atoms with van der Waals surface area (Å²) in [6.45, 7) is 2.22. The Hall–Kier alpha value is -3.12. The lowest BCUT2D eigenvalue weighted by Crippen LogP contribution is -2.19. The number of carbonyl (C=O) groups is 2. The van der Waals surface area contributed by atoms with Gasteiger partial charge < -0.3 is 15.4 Å². The Balaban J connectivity index is 1.64. The first-order valence-electron chi connectivity index (χ1n) is 10.0. The van der Waals surface area contributed by atoms with E-state index >= 15 is 0 Å². The number of benzene rings is 2. The third kappa shape index (κ3) is 4.24. The van der Waals surface area contributed by atoms with Gasteiger partial charge in [0.05, 0.1) is 12.7 Å². The summed E-state index contributed by atoms with van der Waals surface area (Å²) >= 11 is 1.52. The second kappa shape index (κ2) is 8.71. The molecular weight excluding hydrogens is 396 g/mol. The lowest BCUT2D eigenvalue weighted by Gasteiger charge is -2.18. The molecule has 0 bridgehead atoms. The van der Waals surface area contributed by atoms with Gasteiger partial charge in [-0.05, 0) is 67.1 Å². The Labute approximate surface area is 180 Å². The fourth-order valence-corrected chi connectivity index (χ4v) is 5.12. The number of nitrogens with one attached hydrogen (secondary N) is 2. The molecule has 154 valence electrons. The molecule has 30 heavy (non-hydrogen) atoms. The average molecular weight is 421 g/mol. The minimum Gasteiger partial charge on any atom is -0.497 e. The van der Waals surface area contributed by atoms with Crippen LogP contribution in [0, 0.1) is 5.92 Å². The van der Waals surface area contributed by atoms with Crippen molar-refractivity contribution >= 4 is 33.8 Å². The van der Waals surface area contributed by atoms with Crippen molar-refractivity contribution < 1.29 is 14.3 Å². The van der Waals surface area contributed by atoms with Crippen LogP contribution >= 0.6 is 11.3 Å². The van der Waals surface area contributed by atoms with E-state index in [0.29, 0.717) is 27.7 Å². The molecule has 0 unspecified atom stereocenters. The average Bonchev–Trinajstić information content (AvgIpc) is 3.11. The van der Waals surface area contributed by atoms with Crippen molar-refractivity contribution in [3.63, 3.8) is 0 Å². The molecule has 0 aliphatic heterocycles. The molecule has 1 heterocycles. The highest BCUT2D eigenvalue weighted by Crippen LogP contribution is 2.40. The van der Waals surface area contributed by atoms with Crippen LogP contribution in [-0.2, 0) is 12.8 Å². The van der Waals surface area contributed by atoms with Crippen LogP contribution in [0.25, 0.3) is 0 Å². The summed E-state index contributed by atoms with van der Waals surface area (Å²) in [6.07, 6.45) is 2.82. The van der Waals surface area contributed by atoms with Gasteiger partial charge in [0.15, 0.2) is 0 Å². The van der Waals surface area contributed by atoms with Crippen LogP contribution in [0.1, 0.15) is 44.5 Å². The second-order valence-electron chi connectivity index (χ2n) is 7.56. The largest absolute Gasteiger partial charge is 0.497 e. The number of rotatable bonds is 5. The summed E-state index contributed by atoms with van der Waals surface area (Å²) in [4.78, 5) is 27.2. The van der Waals surface area contributed by atoms with E-state index in [0.717, 1.165) is 30.6 Å². The molecule has 6 heteroatoms. The molecule has 2 N–H and O–H groups in total. The van der Waals surface area contributed by atoms with Gasteiger partial charge in [-0.1, -0.05) is 25.1 Å². The molecule has 2 amide bonds.